The normalized spacial score (nSPS) is 18.3. The Morgan fingerprint density at radius 2 is 1.82 bits per heavy atom. The van der Waals surface area contributed by atoms with Crippen molar-refractivity contribution in [3.63, 3.8) is 0 Å². The molecule has 3 rings (SSSR count). The highest BCUT2D eigenvalue weighted by Gasteiger charge is 2.30. The van der Waals surface area contributed by atoms with Crippen molar-refractivity contribution in [1.29, 1.82) is 0 Å². The number of carbonyl (C=O) groups excluding carboxylic acids is 1. The van der Waals surface area contributed by atoms with Crippen LogP contribution >= 0.6 is 0 Å². The second kappa shape index (κ2) is 9.06. The first-order chi connectivity index (χ1) is 13.4. The number of rotatable bonds is 6. The average Bonchev–Trinajstić information content (AvgIpc) is 2.67. The fourth-order valence-corrected chi connectivity index (χ4v) is 3.34. The van der Waals surface area contributed by atoms with Crippen LogP contribution in [0.25, 0.3) is 6.08 Å². The van der Waals surface area contributed by atoms with E-state index in [9.17, 15) is 18.0 Å². The van der Waals surface area contributed by atoms with E-state index in [2.05, 4.69) is 15.7 Å². The third-order valence-corrected chi connectivity index (χ3v) is 4.68. The van der Waals surface area contributed by atoms with Crippen molar-refractivity contribution in [2.75, 3.05) is 19.6 Å². The first-order valence-corrected chi connectivity index (χ1v) is 9.24. The molecule has 2 aromatic rings. The number of carbonyl (C=O) groups is 1. The summed E-state index contributed by atoms with van der Waals surface area (Å²) in [6.45, 7) is 2.09. The Labute approximate surface area is 162 Å². The van der Waals surface area contributed by atoms with Crippen molar-refractivity contribution in [2.45, 2.75) is 19.2 Å². The molecule has 0 amide bonds. The summed E-state index contributed by atoms with van der Waals surface area (Å²) in [6.07, 6.45) is 1.33. The maximum atomic E-state index is 12.4. The van der Waals surface area contributed by atoms with Gasteiger partial charge in [0.2, 0.25) is 0 Å². The van der Waals surface area contributed by atoms with Gasteiger partial charge in [0.25, 0.3) is 0 Å². The van der Waals surface area contributed by atoms with E-state index in [0.29, 0.717) is 12.5 Å². The van der Waals surface area contributed by atoms with Crippen molar-refractivity contribution < 1.29 is 22.7 Å². The Hall–Kier alpha value is -2.60. The van der Waals surface area contributed by atoms with Crippen molar-refractivity contribution >= 4 is 11.9 Å². The number of benzene rings is 2. The second-order valence-electron chi connectivity index (χ2n) is 6.90. The van der Waals surface area contributed by atoms with Gasteiger partial charge < -0.3 is 4.74 Å². The quantitative estimate of drug-likeness (QED) is 0.637. The molecular weight excluding hydrogens is 367 g/mol. The van der Waals surface area contributed by atoms with E-state index in [1.165, 1.54) is 12.1 Å². The first kappa shape index (κ1) is 20.1. The molecule has 0 aromatic heterocycles. The molecule has 0 bridgehead atoms. The molecule has 1 saturated heterocycles. The number of piperidine rings is 1. The number of nitrogens with zero attached hydrogens (tertiary/aromatic N) is 1. The van der Waals surface area contributed by atoms with Gasteiger partial charge in [-0.2, -0.15) is 0 Å². The van der Waals surface area contributed by atoms with Crippen molar-refractivity contribution in [3.05, 3.63) is 71.8 Å². The second-order valence-corrected chi connectivity index (χ2v) is 6.90. The highest BCUT2D eigenvalue weighted by Crippen LogP contribution is 2.24. The fourth-order valence-electron chi connectivity index (χ4n) is 3.34. The van der Waals surface area contributed by atoms with E-state index in [-0.39, 0.29) is 11.5 Å². The number of halogens is 3. The Balaban J connectivity index is 1.53. The van der Waals surface area contributed by atoms with Crippen LogP contribution < -0.4 is 4.74 Å². The lowest BCUT2D eigenvalue weighted by atomic mass is 9.96. The van der Waals surface area contributed by atoms with Crippen LogP contribution in [0, 0.1) is 5.92 Å². The summed E-state index contributed by atoms with van der Waals surface area (Å²) in [5.41, 5.74) is 1.54. The first-order valence-electron chi connectivity index (χ1n) is 9.24. The van der Waals surface area contributed by atoms with Gasteiger partial charge in [0, 0.05) is 12.1 Å². The van der Waals surface area contributed by atoms with Gasteiger partial charge in [-0.15, -0.1) is 13.2 Å². The minimum absolute atomic E-state index is 0.116. The standard InChI is InChI=1S/C22H22F3NO2/c23-22(24,25)28-20-12-10-17(11-13-20)8-9-18-5-4-14-26(15-18)16-21(27)19-6-2-1-3-7-19/h1-3,6-13,18H,4-5,14-16H2. The topological polar surface area (TPSA) is 29.5 Å². The SMILES string of the molecule is O=C(CN1CCCC(C=Cc2ccc(OC(F)(F)F)cc2)C1)c1ccccc1. The molecule has 148 valence electrons. The number of alkyl halides is 3. The van der Waals surface area contributed by atoms with Gasteiger partial charge in [0.05, 0.1) is 6.54 Å². The predicted octanol–water partition coefficient (Wildman–Crippen LogP) is 5.19. The lowest BCUT2D eigenvalue weighted by molar-refractivity contribution is -0.274. The van der Waals surface area contributed by atoms with Gasteiger partial charge in [-0.05, 0) is 43.0 Å². The third-order valence-electron chi connectivity index (χ3n) is 4.68. The summed E-state index contributed by atoms with van der Waals surface area (Å²) >= 11 is 0. The van der Waals surface area contributed by atoms with E-state index in [0.717, 1.165) is 37.1 Å². The summed E-state index contributed by atoms with van der Waals surface area (Å²) in [4.78, 5) is 14.5. The van der Waals surface area contributed by atoms with Gasteiger partial charge in [-0.3, -0.25) is 9.69 Å². The molecule has 0 radical (unpaired) electrons. The fraction of sp³-hybridized carbons (Fsp3) is 0.318. The maximum absolute atomic E-state index is 12.4. The minimum atomic E-state index is -4.68. The molecule has 6 heteroatoms. The zero-order chi connectivity index (χ0) is 20.0. The lowest BCUT2D eigenvalue weighted by Gasteiger charge is -2.30. The van der Waals surface area contributed by atoms with E-state index in [1.807, 2.05) is 36.4 Å². The Bertz CT molecular complexity index is 801. The predicted molar refractivity (Wildman–Crippen MR) is 102 cm³/mol. The molecule has 1 fully saturated rings. The van der Waals surface area contributed by atoms with Gasteiger partial charge in [-0.25, -0.2) is 0 Å². The Kier molecular flexibility index (Phi) is 6.52. The molecule has 0 saturated carbocycles. The highest BCUT2D eigenvalue weighted by atomic mass is 19.4. The molecular formula is C22H22F3NO2. The summed E-state index contributed by atoms with van der Waals surface area (Å²) in [7, 11) is 0. The molecule has 0 aliphatic carbocycles. The summed E-state index contributed by atoms with van der Waals surface area (Å²) in [6, 6.07) is 15.1. The molecule has 1 heterocycles. The lowest BCUT2D eigenvalue weighted by Crippen LogP contribution is -2.38. The molecule has 1 aliphatic rings. The minimum Gasteiger partial charge on any atom is -0.406 e. The number of likely N-dealkylation sites (tertiary alicyclic amines) is 1. The number of hydrogen-bond acceptors (Lipinski definition) is 3. The van der Waals surface area contributed by atoms with Crippen molar-refractivity contribution in [3.8, 4) is 5.75 Å². The highest BCUT2D eigenvalue weighted by molar-refractivity contribution is 5.97. The Morgan fingerprint density at radius 3 is 2.50 bits per heavy atom. The monoisotopic (exact) mass is 389 g/mol. The molecule has 0 N–H and O–H groups in total. The third kappa shape index (κ3) is 6.23. The smallest absolute Gasteiger partial charge is 0.406 e. The molecule has 3 nitrogen and oxygen atoms in total. The van der Waals surface area contributed by atoms with Gasteiger partial charge in [0.1, 0.15) is 5.75 Å². The number of ketones is 1. The molecule has 1 atom stereocenters. The molecule has 28 heavy (non-hydrogen) atoms. The van der Waals surface area contributed by atoms with E-state index < -0.39 is 6.36 Å². The van der Waals surface area contributed by atoms with E-state index in [4.69, 9.17) is 0 Å². The molecule has 0 spiro atoms. The van der Waals surface area contributed by atoms with Crippen LogP contribution in [0.4, 0.5) is 13.2 Å². The van der Waals surface area contributed by atoms with Gasteiger partial charge in [0.15, 0.2) is 5.78 Å². The number of hydrogen-bond donors (Lipinski definition) is 0. The van der Waals surface area contributed by atoms with Crippen molar-refractivity contribution in [2.24, 2.45) is 5.92 Å². The van der Waals surface area contributed by atoms with E-state index >= 15 is 0 Å². The Morgan fingerprint density at radius 1 is 1.11 bits per heavy atom. The number of Topliss-reactive ketones (excluding diaryl/α,β-unsaturated/α-hetero) is 1. The van der Waals surface area contributed by atoms with Crippen LogP contribution in [-0.4, -0.2) is 36.7 Å². The average molecular weight is 389 g/mol. The summed E-state index contributed by atoms with van der Waals surface area (Å²) < 4.78 is 40.5. The van der Waals surface area contributed by atoms with Crippen LogP contribution in [0.2, 0.25) is 0 Å². The van der Waals surface area contributed by atoms with Crippen LogP contribution in [0.3, 0.4) is 0 Å². The molecule has 2 aromatic carbocycles. The van der Waals surface area contributed by atoms with Crippen LogP contribution in [0.5, 0.6) is 5.75 Å². The van der Waals surface area contributed by atoms with Crippen LogP contribution in [0.1, 0.15) is 28.8 Å². The largest absolute Gasteiger partial charge is 0.573 e. The van der Waals surface area contributed by atoms with E-state index in [1.54, 1.807) is 12.1 Å². The summed E-state index contributed by atoms with van der Waals surface area (Å²) in [5, 5.41) is 0. The zero-order valence-corrected chi connectivity index (χ0v) is 15.4. The van der Waals surface area contributed by atoms with Crippen LogP contribution in [-0.2, 0) is 0 Å². The molecule has 1 unspecified atom stereocenters. The zero-order valence-electron chi connectivity index (χ0n) is 15.4. The number of ether oxygens (including phenoxy) is 1. The van der Waals surface area contributed by atoms with Crippen molar-refractivity contribution in [1.82, 2.24) is 4.90 Å². The van der Waals surface area contributed by atoms with Gasteiger partial charge in [-0.1, -0.05) is 54.6 Å². The van der Waals surface area contributed by atoms with Gasteiger partial charge >= 0.3 is 6.36 Å². The maximum Gasteiger partial charge on any atom is 0.573 e. The molecule has 1 aliphatic heterocycles. The summed E-state index contributed by atoms with van der Waals surface area (Å²) in [5.74, 6) is 0.196. The van der Waals surface area contributed by atoms with Crippen LogP contribution in [0.15, 0.2) is 60.7 Å².